The molecular formula is C28H33FN2O6. The Bertz CT molecular complexity index is 1160. The van der Waals surface area contributed by atoms with Gasteiger partial charge in [-0.25, -0.2) is 4.39 Å². The highest BCUT2D eigenvalue weighted by Gasteiger charge is 2.45. The van der Waals surface area contributed by atoms with Crippen LogP contribution in [0, 0.1) is 5.82 Å². The van der Waals surface area contributed by atoms with E-state index in [1.807, 2.05) is 0 Å². The molecule has 0 aromatic heterocycles. The van der Waals surface area contributed by atoms with E-state index < -0.39 is 29.3 Å². The fourth-order valence-electron chi connectivity index (χ4n) is 4.69. The summed E-state index contributed by atoms with van der Waals surface area (Å²) in [6.45, 7) is 7.63. The Morgan fingerprint density at radius 2 is 1.81 bits per heavy atom. The standard InChI is InChI=1S/C28H33FN2O6/c1-18(2)37-23-10-7-20(17-22(23)29)26(32)24-25(19-5-8-21(35-3)9-6-19)31(28(34)27(24)33)12-4-11-30-13-15-36-16-14-30/h5-10,17-18,25,32H,4,11-16H2,1-3H3/t25-/m0/s1. The molecule has 1 atom stereocenters. The number of Topliss-reactive ketones (excluding diaryl/α,β-unsaturated/α-hetero) is 1. The predicted molar refractivity (Wildman–Crippen MR) is 136 cm³/mol. The highest BCUT2D eigenvalue weighted by atomic mass is 19.1. The van der Waals surface area contributed by atoms with Crippen LogP contribution in [0.5, 0.6) is 11.5 Å². The summed E-state index contributed by atoms with van der Waals surface area (Å²) in [5.41, 5.74) is 0.671. The van der Waals surface area contributed by atoms with Crippen molar-refractivity contribution in [2.75, 3.05) is 46.5 Å². The number of hydrogen-bond donors (Lipinski definition) is 1. The lowest BCUT2D eigenvalue weighted by atomic mass is 9.95. The fraction of sp³-hybridized carbons (Fsp3) is 0.429. The summed E-state index contributed by atoms with van der Waals surface area (Å²) in [6, 6.07) is 10.2. The molecule has 0 aliphatic carbocycles. The third kappa shape index (κ3) is 5.94. The number of ketones is 1. The molecule has 0 unspecified atom stereocenters. The van der Waals surface area contributed by atoms with E-state index in [9.17, 15) is 19.1 Å². The number of aliphatic hydroxyl groups is 1. The first-order valence-electron chi connectivity index (χ1n) is 12.5. The lowest BCUT2D eigenvalue weighted by molar-refractivity contribution is -0.140. The van der Waals surface area contributed by atoms with E-state index in [0.717, 1.165) is 25.7 Å². The molecule has 0 radical (unpaired) electrons. The third-order valence-electron chi connectivity index (χ3n) is 6.52. The minimum absolute atomic E-state index is 0.0434. The molecule has 0 saturated carbocycles. The lowest BCUT2D eigenvalue weighted by Crippen LogP contribution is -2.38. The molecule has 198 valence electrons. The molecule has 2 aromatic carbocycles. The molecule has 2 saturated heterocycles. The van der Waals surface area contributed by atoms with E-state index in [-0.39, 0.29) is 23.0 Å². The number of amides is 1. The van der Waals surface area contributed by atoms with Crippen LogP contribution >= 0.6 is 0 Å². The number of methoxy groups -OCH3 is 1. The smallest absolute Gasteiger partial charge is 0.295 e. The molecule has 2 fully saturated rings. The Labute approximate surface area is 216 Å². The largest absolute Gasteiger partial charge is 0.507 e. The number of carbonyl (C=O) groups is 2. The number of halogens is 1. The van der Waals surface area contributed by atoms with Gasteiger partial charge in [0.05, 0.1) is 38.0 Å². The van der Waals surface area contributed by atoms with Crippen LogP contribution in [0.1, 0.15) is 37.4 Å². The van der Waals surface area contributed by atoms with Gasteiger partial charge in [-0.05, 0) is 56.2 Å². The van der Waals surface area contributed by atoms with Crippen LogP contribution in [0.4, 0.5) is 4.39 Å². The van der Waals surface area contributed by atoms with Crippen molar-refractivity contribution in [2.45, 2.75) is 32.4 Å². The summed E-state index contributed by atoms with van der Waals surface area (Å²) < 4.78 is 30.8. The highest BCUT2D eigenvalue weighted by Crippen LogP contribution is 2.40. The van der Waals surface area contributed by atoms with Crippen molar-refractivity contribution in [1.82, 2.24) is 9.80 Å². The molecule has 37 heavy (non-hydrogen) atoms. The monoisotopic (exact) mass is 512 g/mol. The molecule has 4 rings (SSSR count). The van der Waals surface area contributed by atoms with E-state index in [2.05, 4.69) is 4.90 Å². The molecule has 0 bridgehead atoms. The predicted octanol–water partition coefficient (Wildman–Crippen LogP) is 3.77. The van der Waals surface area contributed by atoms with Crippen molar-refractivity contribution in [3.63, 3.8) is 0 Å². The van der Waals surface area contributed by atoms with Gasteiger partial charge in [0.1, 0.15) is 11.5 Å². The Kier molecular flexibility index (Phi) is 8.45. The van der Waals surface area contributed by atoms with E-state index >= 15 is 0 Å². The average Bonchev–Trinajstić information content (AvgIpc) is 3.15. The normalized spacial score (nSPS) is 20.0. The molecule has 8 nitrogen and oxygen atoms in total. The molecule has 2 heterocycles. The highest BCUT2D eigenvalue weighted by molar-refractivity contribution is 6.46. The van der Waals surface area contributed by atoms with Gasteiger partial charge in [-0.15, -0.1) is 0 Å². The van der Waals surface area contributed by atoms with Gasteiger partial charge in [0, 0.05) is 31.7 Å². The zero-order valence-corrected chi connectivity index (χ0v) is 21.4. The summed E-state index contributed by atoms with van der Waals surface area (Å²) in [4.78, 5) is 30.1. The molecule has 2 aromatic rings. The van der Waals surface area contributed by atoms with Crippen molar-refractivity contribution in [2.24, 2.45) is 0 Å². The second-order valence-corrected chi connectivity index (χ2v) is 9.39. The first kappa shape index (κ1) is 26.6. The number of aliphatic hydroxyl groups excluding tert-OH is 1. The molecule has 1 amide bonds. The summed E-state index contributed by atoms with van der Waals surface area (Å²) in [6.07, 6.45) is 0.419. The van der Waals surface area contributed by atoms with Crippen molar-refractivity contribution in [3.8, 4) is 11.5 Å². The van der Waals surface area contributed by atoms with Gasteiger partial charge in [-0.1, -0.05) is 12.1 Å². The van der Waals surface area contributed by atoms with Gasteiger partial charge in [0.15, 0.2) is 11.6 Å². The summed E-state index contributed by atoms with van der Waals surface area (Å²) in [5.74, 6) is -1.92. The van der Waals surface area contributed by atoms with Gasteiger partial charge in [-0.2, -0.15) is 0 Å². The van der Waals surface area contributed by atoms with E-state index in [0.29, 0.717) is 37.5 Å². The van der Waals surface area contributed by atoms with Gasteiger partial charge >= 0.3 is 0 Å². The minimum Gasteiger partial charge on any atom is -0.507 e. The van der Waals surface area contributed by atoms with Crippen LogP contribution in [0.2, 0.25) is 0 Å². The maximum absolute atomic E-state index is 14.7. The van der Waals surface area contributed by atoms with Gasteiger partial charge in [0.25, 0.3) is 11.7 Å². The van der Waals surface area contributed by atoms with E-state index in [1.54, 1.807) is 45.2 Å². The molecule has 0 spiro atoms. The van der Waals surface area contributed by atoms with Crippen LogP contribution in [0.25, 0.3) is 5.76 Å². The number of ether oxygens (including phenoxy) is 3. The maximum Gasteiger partial charge on any atom is 0.295 e. The Hall–Kier alpha value is -3.43. The number of nitrogens with zero attached hydrogens (tertiary/aromatic N) is 2. The number of likely N-dealkylation sites (tertiary alicyclic amines) is 1. The summed E-state index contributed by atoms with van der Waals surface area (Å²) in [7, 11) is 1.55. The first-order chi connectivity index (χ1) is 17.8. The van der Waals surface area contributed by atoms with Crippen LogP contribution in [0.15, 0.2) is 48.0 Å². The fourth-order valence-corrected chi connectivity index (χ4v) is 4.69. The summed E-state index contributed by atoms with van der Waals surface area (Å²) in [5, 5.41) is 11.2. The second-order valence-electron chi connectivity index (χ2n) is 9.39. The minimum atomic E-state index is -0.815. The number of benzene rings is 2. The van der Waals surface area contributed by atoms with Gasteiger partial charge in [0.2, 0.25) is 0 Å². The molecule has 9 heteroatoms. The molecule has 2 aliphatic heterocycles. The van der Waals surface area contributed by atoms with E-state index in [1.165, 1.54) is 17.0 Å². The molecule has 2 aliphatic rings. The number of hydrogen-bond acceptors (Lipinski definition) is 7. The van der Waals surface area contributed by atoms with Crippen LogP contribution in [0.3, 0.4) is 0 Å². The van der Waals surface area contributed by atoms with Crippen LogP contribution in [-0.2, 0) is 14.3 Å². The van der Waals surface area contributed by atoms with Crippen molar-refractivity contribution >= 4 is 17.4 Å². The Balaban J connectivity index is 1.68. The Morgan fingerprint density at radius 3 is 2.43 bits per heavy atom. The summed E-state index contributed by atoms with van der Waals surface area (Å²) >= 11 is 0. The lowest BCUT2D eigenvalue weighted by Gasteiger charge is -2.29. The Morgan fingerprint density at radius 1 is 1.11 bits per heavy atom. The van der Waals surface area contributed by atoms with Crippen molar-refractivity contribution in [1.29, 1.82) is 0 Å². The quantitative estimate of drug-likeness (QED) is 0.311. The van der Waals surface area contributed by atoms with Crippen molar-refractivity contribution < 1.29 is 33.3 Å². The molecule has 1 N–H and O–H groups in total. The van der Waals surface area contributed by atoms with Crippen molar-refractivity contribution in [3.05, 3.63) is 65.0 Å². The maximum atomic E-state index is 14.7. The number of morpholine rings is 1. The van der Waals surface area contributed by atoms with Crippen LogP contribution in [-0.4, -0.2) is 79.2 Å². The molecular weight excluding hydrogens is 479 g/mol. The number of carbonyl (C=O) groups excluding carboxylic acids is 2. The van der Waals surface area contributed by atoms with Gasteiger partial charge in [-0.3, -0.25) is 14.5 Å². The first-order valence-corrected chi connectivity index (χ1v) is 12.5. The zero-order valence-electron chi connectivity index (χ0n) is 21.4. The SMILES string of the molecule is COc1ccc([C@H]2C(=C(O)c3ccc(OC(C)C)c(F)c3)C(=O)C(=O)N2CCCN2CCOCC2)cc1. The zero-order chi connectivity index (χ0) is 26.5. The number of rotatable bonds is 9. The van der Waals surface area contributed by atoms with Gasteiger partial charge < -0.3 is 24.2 Å². The third-order valence-corrected chi connectivity index (χ3v) is 6.52. The topological polar surface area (TPSA) is 88.5 Å². The van der Waals surface area contributed by atoms with E-state index in [4.69, 9.17) is 14.2 Å². The van der Waals surface area contributed by atoms with Crippen LogP contribution < -0.4 is 9.47 Å². The average molecular weight is 513 g/mol. The second kappa shape index (κ2) is 11.7.